The SMILES string of the molecule is C.C.O=C(CCl)N(c1ccccc1)c1c(Cl)cccc1Cl.O=C1Cc2ccccc2N1c1c(Cl)cccc1Cl.[Cl][Al]([Cl])[Cl]. The summed E-state index contributed by atoms with van der Waals surface area (Å²) in [5.41, 5.74) is 3.54. The third kappa shape index (κ3) is 10.6. The number of carbonyl (C=O) groups excluding carboxylic acids is 2. The van der Waals surface area contributed by atoms with Crippen molar-refractivity contribution in [1.82, 2.24) is 0 Å². The summed E-state index contributed by atoms with van der Waals surface area (Å²) in [4.78, 5) is 27.3. The van der Waals surface area contributed by atoms with Gasteiger partial charge in [0.2, 0.25) is 11.8 Å². The molecule has 1 heterocycles. The molecule has 4 aromatic rings. The number of nitrogens with zero attached hydrogens (tertiary/aromatic N) is 2. The van der Waals surface area contributed by atoms with Crippen molar-refractivity contribution < 1.29 is 9.59 Å². The van der Waals surface area contributed by atoms with Crippen LogP contribution < -0.4 is 9.80 Å². The van der Waals surface area contributed by atoms with Gasteiger partial charge in [0, 0.05) is 5.69 Å². The number of hydrogen-bond acceptors (Lipinski definition) is 2. The molecule has 1 aliphatic rings. The summed E-state index contributed by atoms with van der Waals surface area (Å²) in [6.45, 7) is 0. The van der Waals surface area contributed by atoms with Crippen LogP contribution in [0.2, 0.25) is 20.1 Å². The summed E-state index contributed by atoms with van der Waals surface area (Å²) in [5, 5.41) is 1.75. The molecule has 0 fully saturated rings. The van der Waals surface area contributed by atoms with E-state index >= 15 is 0 Å². The Labute approximate surface area is 294 Å². The van der Waals surface area contributed by atoms with Gasteiger partial charge >= 0.3 is 11.4 Å². The van der Waals surface area contributed by atoms with Gasteiger partial charge in [0.1, 0.15) is 5.88 Å². The van der Waals surface area contributed by atoms with Gasteiger partial charge in [-0.25, -0.2) is 30.1 Å². The molecule has 0 saturated heterocycles. The first-order valence-corrected chi connectivity index (χ1v) is 19.0. The lowest BCUT2D eigenvalue weighted by Crippen LogP contribution is -2.27. The van der Waals surface area contributed by atoms with E-state index in [1.165, 1.54) is 4.90 Å². The van der Waals surface area contributed by atoms with E-state index in [0.29, 0.717) is 43.6 Å². The first-order chi connectivity index (χ1) is 19.6. The van der Waals surface area contributed by atoms with E-state index < -0.39 is 11.4 Å². The Morgan fingerprint density at radius 2 is 1.19 bits per heavy atom. The van der Waals surface area contributed by atoms with Gasteiger partial charge < -0.3 is 0 Å². The van der Waals surface area contributed by atoms with E-state index in [9.17, 15) is 9.59 Å². The molecule has 13 heteroatoms. The van der Waals surface area contributed by atoms with Gasteiger partial charge in [0.15, 0.2) is 0 Å². The second-order valence-electron chi connectivity index (χ2n) is 8.12. The molecule has 0 unspecified atom stereocenters. The van der Waals surface area contributed by atoms with Crippen LogP contribution >= 0.6 is 88.2 Å². The van der Waals surface area contributed by atoms with Crippen LogP contribution in [0.3, 0.4) is 0 Å². The molecular weight excluding hydrogens is 731 g/mol. The highest BCUT2D eigenvalue weighted by atomic mass is 35.8. The van der Waals surface area contributed by atoms with Crippen molar-refractivity contribution in [1.29, 1.82) is 0 Å². The first kappa shape index (κ1) is 39.7. The number of amides is 2. The largest absolute Gasteiger partial charge is 0.643 e. The third-order valence-electron chi connectivity index (χ3n) is 5.52. The van der Waals surface area contributed by atoms with Crippen molar-refractivity contribution in [2.45, 2.75) is 21.3 Å². The normalized spacial score (nSPS) is 11.0. The van der Waals surface area contributed by atoms with Crippen LogP contribution in [0, 0.1) is 0 Å². The highest BCUT2D eigenvalue weighted by molar-refractivity contribution is 7.54. The lowest BCUT2D eigenvalue weighted by Gasteiger charge is -2.24. The molecule has 0 aromatic heterocycles. The molecule has 5 rings (SSSR count). The Hall–Kier alpha value is -1.33. The minimum absolute atomic E-state index is 0. The minimum Gasteiger partial charge on any atom is -0.277 e. The van der Waals surface area contributed by atoms with Gasteiger partial charge in [0.25, 0.3) is 0 Å². The smallest absolute Gasteiger partial charge is 0.277 e. The van der Waals surface area contributed by atoms with E-state index in [1.54, 1.807) is 53.4 Å². The predicted octanol–water partition coefficient (Wildman–Crippen LogP) is 12.1. The molecule has 4 aromatic carbocycles. The second kappa shape index (κ2) is 19.2. The molecule has 0 saturated carbocycles. The van der Waals surface area contributed by atoms with Crippen molar-refractivity contribution in [3.63, 3.8) is 0 Å². The van der Waals surface area contributed by atoms with Crippen molar-refractivity contribution >= 4 is 134 Å². The van der Waals surface area contributed by atoms with Gasteiger partial charge in [-0.2, -0.15) is 0 Å². The number of benzene rings is 4. The minimum atomic E-state index is -1.72. The number of alkyl halides is 1. The molecule has 2 amide bonds. The Balaban J connectivity index is 0.000000368. The maximum absolute atomic E-state index is 12.1. The molecule has 0 N–H and O–H groups in total. The summed E-state index contributed by atoms with van der Waals surface area (Å²) in [6, 6.07) is 27.1. The summed E-state index contributed by atoms with van der Waals surface area (Å²) in [6.07, 6.45) is 0.387. The quantitative estimate of drug-likeness (QED) is 0.154. The molecule has 0 aliphatic carbocycles. The first-order valence-electron chi connectivity index (χ1n) is 11.7. The van der Waals surface area contributed by atoms with E-state index in [0.717, 1.165) is 11.3 Å². The molecule has 43 heavy (non-hydrogen) atoms. The fraction of sp³-hybridized carbons (Fsp3) is 0.133. The summed E-state index contributed by atoms with van der Waals surface area (Å²) in [7, 11) is 14.8. The second-order valence-corrected chi connectivity index (χ2v) is 16.5. The summed E-state index contributed by atoms with van der Waals surface area (Å²) in [5.74, 6) is -0.453. The fourth-order valence-electron chi connectivity index (χ4n) is 3.94. The lowest BCUT2D eigenvalue weighted by molar-refractivity contribution is -0.117. The molecule has 0 atom stereocenters. The van der Waals surface area contributed by atoms with Crippen LogP contribution in [0.15, 0.2) is 91.0 Å². The highest BCUT2D eigenvalue weighted by Gasteiger charge is 2.30. The summed E-state index contributed by atoms with van der Waals surface area (Å²) >= 11 is 28.6. The summed E-state index contributed by atoms with van der Waals surface area (Å²) < 4.78 is 0. The van der Waals surface area contributed by atoms with E-state index in [4.69, 9.17) is 88.2 Å². The zero-order valence-electron chi connectivity index (χ0n) is 20.9. The molecule has 1 aliphatic heterocycles. The van der Waals surface area contributed by atoms with Crippen molar-refractivity contribution in [3.8, 4) is 0 Å². The Bertz CT molecular complexity index is 1470. The zero-order chi connectivity index (χ0) is 30.1. The Kier molecular flexibility index (Phi) is 17.8. The monoisotopic (exact) mass is 754 g/mol. The molecule has 0 radical (unpaired) electrons. The van der Waals surface area contributed by atoms with E-state index in [2.05, 4.69) is 0 Å². The van der Waals surface area contributed by atoms with Gasteiger partial charge in [-0.3, -0.25) is 19.4 Å². The Morgan fingerprint density at radius 3 is 1.70 bits per heavy atom. The van der Waals surface area contributed by atoms with Crippen molar-refractivity contribution in [3.05, 3.63) is 117 Å². The third-order valence-corrected chi connectivity index (χ3v) is 6.97. The number of para-hydroxylation sites is 4. The molecule has 228 valence electrons. The number of fused-ring (bicyclic) bond motifs is 1. The van der Waals surface area contributed by atoms with E-state index in [1.807, 2.05) is 42.5 Å². The maximum Gasteiger partial charge on any atom is 0.643 e. The number of anilines is 4. The standard InChI is InChI=1S/C14H10Cl3NO.C14H9Cl2NO.2CH4.Al.3ClH/c15-9-13(19)18(10-5-2-1-3-6-10)14-11(16)7-4-8-12(14)17;15-10-5-3-6-11(16)14(10)17-12-7-2-1-4-9(12)8-13(17)18;;;;;;/h1-8H,9H2;1-7H,8H2;2*1H4;;3*1H/q;;;;+3;;;/p-3. The molecule has 4 nitrogen and oxygen atoms in total. The van der Waals surface area contributed by atoms with Crippen LogP contribution in [0.4, 0.5) is 22.7 Å². The van der Waals surface area contributed by atoms with Gasteiger partial charge in [-0.1, -0.05) is 110 Å². The van der Waals surface area contributed by atoms with Crippen LogP contribution in [0.1, 0.15) is 20.4 Å². The molecule has 0 spiro atoms. The van der Waals surface area contributed by atoms with Crippen LogP contribution in [-0.4, -0.2) is 29.1 Å². The fourth-order valence-corrected chi connectivity index (χ4v) is 5.19. The van der Waals surface area contributed by atoms with E-state index in [-0.39, 0.29) is 32.5 Å². The molecular formula is C30H27AlCl8N2O2. The number of rotatable bonds is 4. The maximum atomic E-state index is 12.1. The van der Waals surface area contributed by atoms with Gasteiger partial charge in [-0.05, 0) is 48.0 Å². The number of hydrogen-bond donors (Lipinski definition) is 0. The lowest BCUT2D eigenvalue weighted by atomic mass is 10.2. The average molecular weight is 758 g/mol. The van der Waals surface area contributed by atoms with Crippen LogP contribution in [-0.2, 0) is 16.0 Å². The molecule has 0 bridgehead atoms. The highest BCUT2D eigenvalue weighted by Crippen LogP contribution is 2.42. The topological polar surface area (TPSA) is 40.6 Å². The van der Waals surface area contributed by atoms with Crippen molar-refractivity contribution in [2.75, 3.05) is 15.7 Å². The van der Waals surface area contributed by atoms with Crippen LogP contribution in [0.5, 0.6) is 0 Å². The number of halogens is 8. The predicted molar refractivity (Wildman–Crippen MR) is 191 cm³/mol. The zero-order valence-corrected chi connectivity index (χ0v) is 28.1. The van der Waals surface area contributed by atoms with Crippen molar-refractivity contribution in [2.24, 2.45) is 0 Å². The van der Waals surface area contributed by atoms with Gasteiger partial charge in [0.05, 0.1) is 43.6 Å². The Morgan fingerprint density at radius 1 is 0.721 bits per heavy atom. The average Bonchev–Trinajstić information content (AvgIpc) is 3.26. The van der Waals surface area contributed by atoms with Crippen LogP contribution in [0.25, 0.3) is 0 Å². The van der Waals surface area contributed by atoms with Gasteiger partial charge in [-0.15, -0.1) is 11.6 Å². The number of carbonyl (C=O) groups is 2.